The molecule has 0 fully saturated rings. The van der Waals surface area contributed by atoms with E-state index in [0.29, 0.717) is 0 Å². The fourth-order valence-corrected chi connectivity index (χ4v) is 2.25. The van der Waals surface area contributed by atoms with E-state index in [1.807, 2.05) is 23.7 Å². The van der Waals surface area contributed by atoms with E-state index in [4.69, 9.17) is 0 Å². The molecule has 0 saturated carbocycles. The van der Waals surface area contributed by atoms with Gasteiger partial charge in [0.15, 0.2) is 0 Å². The van der Waals surface area contributed by atoms with Crippen LogP contribution in [-0.4, -0.2) is 4.98 Å². The first-order chi connectivity index (χ1) is 6.86. The SMILES string of the molecule is Ic1ccccc1NCc1nccs1. The standard InChI is InChI=1S/C10H9IN2S/c11-8-3-1-2-4-9(8)13-7-10-12-5-6-14-10/h1-6,13H,7H2. The Balaban J connectivity index is 2.02. The molecule has 0 radical (unpaired) electrons. The summed E-state index contributed by atoms with van der Waals surface area (Å²) in [6.07, 6.45) is 1.83. The normalized spacial score (nSPS) is 10.1. The molecule has 1 aromatic carbocycles. The van der Waals surface area contributed by atoms with Crippen molar-refractivity contribution in [3.8, 4) is 0 Å². The average Bonchev–Trinajstić information content (AvgIpc) is 2.69. The Labute approximate surface area is 101 Å². The van der Waals surface area contributed by atoms with Gasteiger partial charge in [-0.05, 0) is 34.7 Å². The van der Waals surface area contributed by atoms with Gasteiger partial charge in [0.2, 0.25) is 0 Å². The highest BCUT2D eigenvalue weighted by molar-refractivity contribution is 14.1. The van der Waals surface area contributed by atoms with Gasteiger partial charge < -0.3 is 5.32 Å². The maximum Gasteiger partial charge on any atom is 0.112 e. The first kappa shape index (κ1) is 9.92. The minimum absolute atomic E-state index is 0.803. The maximum absolute atomic E-state index is 4.21. The summed E-state index contributed by atoms with van der Waals surface area (Å²) in [4.78, 5) is 4.21. The Morgan fingerprint density at radius 1 is 1.36 bits per heavy atom. The molecular formula is C10H9IN2S. The van der Waals surface area contributed by atoms with Crippen molar-refractivity contribution < 1.29 is 0 Å². The molecule has 2 rings (SSSR count). The van der Waals surface area contributed by atoms with Crippen LogP contribution in [0.3, 0.4) is 0 Å². The second kappa shape index (κ2) is 4.75. The number of nitrogens with one attached hydrogen (secondary N) is 1. The van der Waals surface area contributed by atoms with Crippen LogP contribution in [0, 0.1) is 3.57 Å². The number of para-hydroxylation sites is 1. The lowest BCUT2D eigenvalue weighted by atomic mass is 10.3. The van der Waals surface area contributed by atoms with Crippen LogP contribution in [0.25, 0.3) is 0 Å². The monoisotopic (exact) mass is 316 g/mol. The van der Waals surface area contributed by atoms with E-state index < -0.39 is 0 Å². The Bertz CT molecular complexity index is 400. The average molecular weight is 316 g/mol. The van der Waals surface area contributed by atoms with Crippen LogP contribution in [0.5, 0.6) is 0 Å². The molecule has 0 amide bonds. The van der Waals surface area contributed by atoms with E-state index in [0.717, 1.165) is 11.6 Å². The number of anilines is 1. The molecule has 0 aliphatic carbocycles. The van der Waals surface area contributed by atoms with Crippen LogP contribution in [0.1, 0.15) is 5.01 Å². The third kappa shape index (κ3) is 2.45. The number of aromatic nitrogens is 1. The highest BCUT2D eigenvalue weighted by Crippen LogP contribution is 2.18. The van der Waals surface area contributed by atoms with Crippen molar-refractivity contribution in [3.63, 3.8) is 0 Å². The van der Waals surface area contributed by atoms with Gasteiger partial charge in [-0.25, -0.2) is 4.98 Å². The molecule has 0 aliphatic heterocycles. The predicted molar refractivity (Wildman–Crippen MR) is 68.6 cm³/mol. The molecule has 72 valence electrons. The zero-order valence-corrected chi connectivity index (χ0v) is 10.4. The highest BCUT2D eigenvalue weighted by atomic mass is 127. The molecule has 2 aromatic rings. The Morgan fingerprint density at radius 3 is 2.93 bits per heavy atom. The summed E-state index contributed by atoms with van der Waals surface area (Å²) in [5.41, 5.74) is 1.17. The van der Waals surface area contributed by atoms with Crippen molar-refractivity contribution in [1.29, 1.82) is 0 Å². The molecule has 0 aliphatic rings. The number of hydrogen-bond donors (Lipinski definition) is 1. The van der Waals surface area contributed by atoms with E-state index in [1.165, 1.54) is 9.26 Å². The number of nitrogens with zero attached hydrogens (tertiary/aromatic N) is 1. The first-order valence-electron chi connectivity index (χ1n) is 4.23. The Morgan fingerprint density at radius 2 is 2.21 bits per heavy atom. The van der Waals surface area contributed by atoms with Crippen molar-refractivity contribution in [2.75, 3.05) is 5.32 Å². The molecule has 4 heteroatoms. The minimum atomic E-state index is 0.803. The van der Waals surface area contributed by atoms with Crippen molar-refractivity contribution >= 4 is 39.6 Å². The summed E-state index contributed by atoms with van der Waals surface area (Å²) in [5.74, 6) is 0. The molecule has 0 spiro atoms. The summed E-state index contributed by atoms with van der Waals surface area (Å²) < 4.78 is 1.24. The fraction of sp³-hybridized carbons (Fsp3) is 0.100. The lowest BCUT2D eigenvalue weighted by molar-refractivity contribution is 1.10. The quantitative estimate of drug-likeness (QED) is 0.879. The van der Waals surface area contributed by atoms with Gasteiger partial charge in [0.05, 0.1) is 6.54 Å². The zero-order valence-electron chi connectivity index (χ0n) is 7.40. The topological polar surface area (TPSA) is 24.9 Å². The molecular weight excluding hydrogens is 307 g/mol. The van der Waals surface area contributed by atoms with Crippen molar-refractivity contribution in [1.82, 2.24) is 4.98 Å². The second-order valence-corrected chi connectivity index (χ2v) is 4.90. The zero-order chi connectivity index (χ0) is 9.80. The molecule has 1 N–H and O–H groups in total. The highest BCUT2D eigenvalue weighted by Gasteiger charge is 1.98. The van der Waals surface area contributed by atoms with E-state index >= 15 is 0 Å². The number of hydrogen-bond acceptors (Lipinski definition) is 3. The molecule has 0 atom stereocenters. The maximum atomic E-state index is 4.21. The van der Waals surface area contributed by atoms with Gasteiger partial charge in [-0.15, -0.1) is 11.3 Å². The van der Waals surface area contributed by atoms with Crippen LogP contribution in [0.15, 0.2) is 35.8 Å². The van der Waals surface area contributed by atoms with Gasteiger partial charge in [-0.2, -0.15) is 0 Å². The largest absolute Gasteiger partial charge is 0.378 e. The second-order valence-electron chi connectivity index (χ2n) is 2.76. The van der Waals surface area contributed by atoms with Crippen molar-refractivity contribution in [2.45, 2.75) is 6.54 Å². The number of halogens is 1. The van der Waals surface area contributed by atoms with E-state index in [-0.39, 0.29) is 0 Å². The fourth-order valence-electron chi connectivity index (χ4n) is 1.12. The van der Waals surface area contributed by atoms with Crippen LogP contribution < -0.4 is 5.32 Å². The van der Waals surface area contributed by atoms with Crippen molar-refractivity contribution in [2.24, 2.45) is 0 Å². The lowest BCUT2D eigenvalue weighted by Gasteiger charge is -2.05. The smallest absolute Gasteiger partial charge is 0.112 e. The van der Waals surface area contributed by atoms with Gasteiger partial charge >= 0.3 is 0 Å². The molecule has 0 bridgehead atoms. The van der Waals surface area contributed by atoms with Crippen LogP contribution >= 0.6 is 33.9 Å². The summed E-state index contributed by atoms with van der Waals surface area (Å²) >= 11 is 3.99. The number of rotatable bonds is 3. The summed E-state index contributed by atoms with van der Waals surface area (Å²) in [6.45, 7) is 0.803. The minimum Gasteiger partial charge on any atom is -0.378 e. The Kier molecular flexibility index (Phi) is 3.36. The third-order valence-corrected chi connectivity index (χ3v) is 3.51. The van der Waals surface area contributed by atoms with E-state index in [2.05, 4.69) is 45.0 Å². The molecule has 0 saturated heterocycles. The molecule has 2 nitrogen and oxygen atoms in total. The van der Waals surface area contributed by atoms with Gasteiger partial charge in [-0.3, -0.25) is 0 Å². The number of benzene rings is 1. The van der Waals surface area contributed by atoms with Crippen LogP contribution in [-0.2, 0) is 6.54 Å². The summed E-state index contributed by atoms with van der Waals surface area (Å²) in [6, 6.07) is 8.24. The molecule has 1 heterocycles. The number of thiazole rings is 1. The van der Waals surface area contributed by atoms with Crippen molar-refractivity contribution in [3.05, 3.63) is 44.4 Å². The van der Waals surface area contributed by atoms with Crippen LogP contribution in [0.4, 0.5) is 5.69 Å². The molecule has 0 unspecified atom stereocenters. The summed E-state index contributed by atoms with van der Waals surface area (Å²) in [5, 5.41) is 6.46. The predicted octanol–water partition coefficient (Wildman–Crippen LogP) is 3.36. The van der Waals surface area contributed by atoms with Gasteiger partial charge in [0.25, 0.3) is 0 Å². The van der Waals surface area contributed by atoms with E-state index in [9.17, 15) is 0 Å². The van der Waals surface area contributed by atoms with E-state index in [1.54, 1.807) is 11.3 Å². The van der Waals surface area contributed by atoms with Crippen LogP contribution in [0.2, 0.25) is 0 Å². The lowest BCUT2D eigenvalue weighted by Crippen LogP contribution is -1.99. The van der Waals surface area contributed by atoms with Gasteiger partial charge in [0.1, 0.15) is 5.01 Å². The molecule has 1 aromatic heterocycles. The Hall–Kier alpha value is -0.620. The molecule has 14 heavy (non-hydrogen) atoms. The van der Waals surface area contributed by atoms with Gasteiger partial charge in [0, 0.05) is 20.8 Å². The third-order valence-electron chi connectivity index (χ3n) is 1.79. The summed E-state index contributed by atoms with van der Waals surface area (Å²) in [7, 11) is 0. The van der Waals surface area contributed by atoms with Gasteiger partial charge in [-0.1, -0.05) is 12.1 Å². The first-order valence-corrected chi connectivity index (χ1v) is 6.19.